The zero-order chi connectivity index (χ0) is 16.4. The molecule has 4 nitrogen and oxygen atoms in total. The summed E-state index contributed by atoms with van der Waals surface area (Å²) in [6.45, 7) is 10.0. The molecular formula is C18H23N3OS. The van der Waals surface area contributed by atoms with Gasteiger partial charge in [-0.15, -0.1) is 11.3 Å². The first-order chi connectivity index (χ1) is 11.2. The van der Waals surface area contributed by atoms with Gasteiger partial charge in [-0.2, -0.15) is 0 Å². The van der Waals surface area contributed by atoms with Crippen molar-refractivity contribution >= 4 is 31.8 Å². The topological polar surface area (TPSA) is 38.1 Å². The Kier molecular flexibility index (Phi) is 4.78. The van der Waals surface area contributed by atoms with Crippen LogP contribution in [-0.2, 0) is 6.54 Å². The average molecular weight is 329 g/mol. The van der Waals surface area contributed by atoms with Gasteiger partial charge in [-0.1, -0.05) is 32.0 Å². The molecule has 0 N–H and O–H groups in total. The van der Waals surface area contributed by atoms with E-state index < -0.39 is 0 Å². The molecule has 3 rings (SSSR count). The van der Waals surface area contributed by atoms with Gasteiger partial charge in [0.05, 0.1) is 5.52 Å². The van der Waals surface area contributed by atoms with Crippen molar-refractivity contribution in [3.8, 4) is 0 Å². The SMILES string of the molecule is CCN(CC)CCCn1c(=O)c(C)nc2sc3ccccc3c21. The monoisotopic (exact) mass is 329 g/mol. The lowest BCUT2D eigenvalue weighted by atomic mass is 10.2. The minimum atomic E-state index is 0.0422. The van der Waals surface area contributed by atoms with Crippen LogP contribution in [-0.4, -0.2) is 34.1 Å². The summed E-state index contributed by atoms with van der Waals surface area (Å²) in [7, 11) is 0. The Hall–Kier alpha value is -1.72. The first-order valence-electron chi connectivity index (χ1n) is 8.26. The Bertz CT molecular complexity index is 877. The Balaban J connectivity index is 2.03. The van der Waals surface area contributed by atoms with Gasteiger partial charge in [0, 0.05) is 16.6 Å². The van der Waals surface area contributed by atoms with Crippen LogP contribution in [0.15, 0.2) is 29.1 Å². The normalized spacial score (nSPS) is 11.8. The van der Waals surface area contributed by atoms with Gasteiger partial charge in [0.2, 0.25) is 0 Å². The van der Waals surface area contributed by atoms with Crippen LogP contribution in [0.2, 0.25) is 0 Å². The van der Waals surface area contributed by atoms with Crippen LogP contribution in [0.5, 0.6) is 0 Å². The second-order valence-electron chi connectivity index (χ2n) is 5.79. The largest absolute Gasteiger partial charge is 0.304 e. The van der Waals surface area contributed by atoms with Gasteiger partial charge >= 0.3 is 0 Å². The highest BCUT2D eigenvalue weighted by atomic mass is 32.1. The first-order valence-corrected chi connectivity index (χ1v) is 9.08. The van der Waals surface area contributed by atoms with E-state index in [-0.39, 0.29) is 5.56 Å². The lowest BCUT2D eigenvalue weighted by Crippen LogP contribution is -2.28. The van der Waals surface area contributed by atoms with Gasteiger partial charge in [0.15, 0.2) is 0 Å². The lowest BCUT2D eigenvalue weighted by molar-refractivity contribution is 0.293. The Morgan fingerprint density at radius 1 is 1.22 bits per heavy atom. The van der Waals surface area contributed by atoms with Crippen LogP contribution in [0.25, 0.3) is 20.4 Å². The van der Waals surface area contributed by atoms with Crippen molar-refractivity contribution in [1.29, 1.82) is 0 Å². The molecule has 0 amide bonds. The molecule has 0 saturated heterocycles. The second kappa shape index (κ2) is 6.81. The van der Waals surface area contributed by atoms with Crippen molar-refractivity contribution < 1.29 is 0 Å². The predicted molar refractivity (Wildman–Crippen MR) is 98.5 cm³/mol. The number of thiophene rings is 1. The molecule has 0 fully saturated rings. The highest BCUT2D eigenvalue weighted by molar-refractivity contribution is 7.25. The van der Waals surface area contributed by atoms with Gasteiger partial charge in [-0.05, 0) is 39.0 Å². The fraction of sp³-hybridized carbons (Fsp3) is 0.444. The van der Waals surface area contributed by atoms with Crippen molar-refractivity contribution in [2.45, 2.75) is 33.7 Å². The molecule has 1 aromatic carbocycles. The molecule has 0 spiro atoms. The van der Waals surface area contributed by atoms with Gasteiger partial charge in [0.25, 0.3) is 5.56 Å². The summed E-state index contributed by atoms with van der Waals surface area (Å²) in [6.07, 6.45) is 0.977. The van der Waals surface area contributed by atoms with Crippen molar-refractivity contribution in [3.05, 3.63) is 40.3 Å². The van der Waals surface area contributed by atoms with Crippen LogP contribution < -0.4 is 5.56 Å². The Morgan fingerprint density at radius 3 is 2.70 bits per heavy atom. The van der Waals surface area contributed by atoms with E-state index in [1.807, 2.05) is 23.6 Å². The molecule has 0 aliphatic rings. The molecule has 5 heteroatoms. The van der Waals surface area contributed by atoms with Gasteiger partial charge in [-0.25, -0.2) is 4.98 Å². The van der Waals surface area contributed by atoms with Crippen LogP contribution in [0, 0.1) is 6.92 Å². The lowest BCUT2D eigenvalue weighted by Gasteiger charge is -2.18. The van der Waals surface area contributed by atoms with Gasteiger partial charge < -0.3 is 9.47 Å². The third-order valence-electron chi connectivity index (χ3n) is 4.40. The molecule has 3 aromatic rings. The molecule has 122 valence electrons. The summed E-state index contributed by atoms with van der Waals surface area (Å²) in [4.78, 5) is 20.5. The summed E-state index contributed by atoms with van der Waals surface area (Å²) in [5.74, 6) is 0. The van der Waals surface area contributed by atoms with Crippen LogP contribution in [0.1, 0.15) is 26.0 Å². The molecule has 0 aliphatic heterocycles. The van der Waals surface area contributed by atoms with Crippen LogP contribution in [0.4, 0.5) is 0 Å². The maximum atomic E-state index is 12.6. The molecule has 0 radical (unpaired) electrons. The molecule has 2 aromatic heterocycles. The molecular weight excluding hydrogens is 306 g/mol. The van der Waals surface area contributed by atoms with Crippen molar-refractivity contribution in [2.24, 2.45) is 0 Å². The van der Waals surface area contributed by atoms with E-state index in [4.69, 9.17) is 0 Å². The Labute approximate surface area is 140 Å². The second-order valence-corrected chi connectivity index (χ2v) is 6.82. The number of fused-ring (bicyclic) bond motifs is 3. The van der Waals surface area contributed by atoms with Crippen molar-refractivity contribution in [3.63, 3.8) is 0 Å². The molecule has 23 heavy (non-hydrogen) atoms. The van der Waals surface area contributed by atoms with E-state index in [2.05, 4.69) is 35.9 Å². The van der Waals surface area contributed by atoms with Gasteiger partial charge in [-0.3, -0.25) is 4.79 Å². The number of nitrogens with zero attached hydrogens (tertiary/aromatic N) is 3. The molecule has 2 heterocycles. The summed E-state index contributed by atoms with van der Waals surface area (Å²) in [5, 5.41) is 1.14. The number of aryl methyl sites for hydroxylation is 2. The van der Waals surface area contributed by atoms with E-state index in [0.29, 0.717) is 5.69 Å². The predicted octanol–water partition coefficient (Wildman–Crippen LogP) is 3.65. The first kappa shape index (κ1) is 16.1. The number of aromatic nitrogens is 2. The third-order valence-corrected chi connectivity index (χ3v) is 5.45. The summed E-state index contributed by atoms with van der Waals surface area (Å²) >= 11 is 1.67. The highest BCUT2D eigenvalue weighted by Crippen LogP contribution is 2.31. The number of hydrogen-bond donors (Lipinski definition) is 0. The average Bonchev–Trinajstić information content (AvgIpc) is 2.92. The minimum Gasteiger partial charge on any atom is -0.304 e. The summed E-state index contributed by atoms with van der Waals surface area (Å²) in [6, 6.07) is 8.25. The smallest absolute Gasteiger partial charge is 0.272 e. The fourth-order valence-electron chi connectivity index (χ4n) is 3.06. The molecule has 0 unspecified atom stereocenters. The quantitative estimate of drug-likeness (QED) is 0.693. The van der Waals surface area contributed by atoms with Crippen LogP contribution in [0.3, 0.4) is 0 Å². The van der Waals surface area contributed by atoms with Crippen molar-refractivity contribution in [1.82, 2.24) is 14.5 Å². The van der Waals surface area contributed by atoms with Crippen molar-refractivity contribution in [2.75, 3.05) is 19.6 Å². The molecule has 0 aliphatic carbocycles. The Morgan fingerprint density at radius 2 is 1.96 bits per heavy atom. The minimum absolute atomic E-state index is 0.0422. The maximum absolute atomic E-state index is 12.6. The fourth-order valence-corrected chi connectivity index (χ4v) is 4.19. The standard InChI is InChI=1S/C18H23N3OS/c1-4-20(5-2)11-8-12-21-16-14-9-6-7-10-15(14)23-17(16)19-13(3)18(21)22/h6-7,9-10H,4-5,8,11-12H2,1-3H3. The maximum Gasteiger partial charge on any atom is 0.272 e. The van der Waals surface area contributed by atoms with E-state index in [1.54, 1.807) is 11.3 Å². The zero-order valence-electron chi connectivity index (χ0n) is 14.0. The third kappa shape index (κ3) is 3.03. The van der Waals surface area contributed by atoms with Crippen LogP contribution >= 0.6 is 11.3 Å². The number of rotatable bonds is 6. The number of hydrogen-bond acceptors (Lipinski definition) is 4. The molecule has 0 saturated carbocycles. The summed E-state index contributed by atoms with van der Waals surface area (Å²) < 4.78 is 3.12. The van der Waals surface area contributed by atoms with E-state index in [0.717, 1.165) is 48.3 Å². The zero-order valence-corrected chi connectivity index (χ0v) is 14.8. The summed E-state index contributed by atoms with van der Waals surface area (Å²) in [5.41, 5.74) is 1.63. The van der Waals surface area contributed by atoms with Gasteiger partial charge in [0.1, 0.15) is 10.5 Å². The highest BCUT2D eigenvalue weighted by Gasteiger charge is 2.14. The molecule has 0 bridgehead atoms. The number of benzene rings is 1. The molecule has 0 atom stereocenters. The van der Waals surface area contributed by atoms with E-state index in [9.17, 15) is 4.79 Å². The van der Waals surface area contributed by atoms with E-state index >= 15 is 0 Å². The van der Waals surface area contributed by atoms with E-state index in [1.165, 1.54) is 4.70 Å².